The minimum absolute atomic E-state index is 0.0899. The van der Waals surface area contributed by atoms with Gasteiger partial charge >= 0.3 is 0 Å². The van der Waals surface area contributed by atoms with Gasteiger partial charge in [0.25, 0.3) is 0 Å². The molecule has 0 heterocycles. The van der Waals surface area contributed by atoms with E-state index in [-0.39, 0.29) is 18.6 Å². The molecule has 1 aromatic carbocycles. The van der Waals surface area contributed by atoms with Gasteiger partial charge in [-0.15, -0.1) is 11.8 Å². The predicted octanol–water partition coefficient (Wildman–Crippen LogP) is 3.49. The van der Waals surface area contributed by atoms with Gasteiger partial charge in [0, 0.05) is 29.0 Å². The number of carbonyl (C=O) groups excluding carboxylic acids is 1. The fourth-order valence-electron chi connectivity index (χ4n) is 1.77. The Labute approximate surface area is 130 Å². The number of aliphatic hydroxyl groups excluding tert-OH is 1. The Bertz CT molecular complexity index is 397. The second-order valence-corrected chi connectivity index (χ2v) is 6.35. The van der Waals surface area contributed by atoms with Crippen LogP contribution in [0.2, 0.25) is 5.02 Å². The average molecular weight is 316 g/mol. The van der Waals surface area contributed by atoms with Crippen LogP contribution in [-0.2, 0) is 4.79 Å². The van der Waals surface area contributed by atoms with Crippen LogP contribution in [0, 0.1) is 0 Å². The van der Waals surface area contributed by atoms with Gasteiger partial charge in [-0.1, -0.05) is 11.6 Å². The summed E-state index contributed by atoms with van der Waals surface area (Å²) in [6.45, 7) is 2.15. The van der Waals surface area contributed by atoms with Gasteiger partial charge in [-0.25, -0.2) is 0 Å². The Balaban J connectivity index is 2.11. The quantitative estimate of drug-likeness (QED) is 0.542. The lowest BCUT2D eigenvalue weighted by Crippen LogP contribution is -2.32. The maximum absolute atomic E-state index is 11.7. The van der Waals surface area contributed by atoms with Gasteiger partial charge in [0.05, 0.1) is 0 Å². The van der Waals surface area contributed by atoms with Crippen LogP contribution in [0.5, 0.6) is 0 Å². The Kier molecular flexibility index (Phi) is 8.74. The van der Waals surface area contributed by atoms with E-state index >= 15 is 0 Å². The van der Waals surface area contributed by atoms with E-state index in [9.17, 15) is 4.79 Å². The lowest BCUT2D eigenvalue weighted by Gasteiger charge is -2.12. The second kappa shape index (κ2) is 10.1. The molecule has 0 fully saturated rings. The summed E-state index contributed by atoms with van der Waals surface area (Å²) in [5, 5.41) is 12.4. The molecule has 2 N–H and O–H groups in total. The molecule has 0 spiro atoms. The number of hydrogen-bond donors (Lipinski definition) is 2. The molecule has 1 rings (SSSR count). The highest BCUT2D eigenvalue weighted by Gasteiger charge is 2.06. The number of aliphatic hydroxyl groups is 1. The van der Waals surface area contributed by atoms with Crippen LogP contribution >= 0.6 is 23.4 Å². The number of thioether (sulfide) groups is 1. The number of hydrogen-bond acceptors (Lipinski definition) is 3. The molecule has 1 atom stereocenters. The zero-order chi connectivity index (χ0) is 14.8. The number of rotatable bonds is 9. The van der Waals surface area contributed by atoms with E-state index in [2.05, 4.69) is 5.32 Å². The molecule has 0 aromatic heterocycles. The zero-order valence-corrected chi connectivity index (χ0v) is 13.3. The smallest absolute Gasteiger partial charge is 0.220 e. The summed E-state index contributed by atoms with van der Waals surface area (Å²) in [5.74, 6) is 1.01. The molecule has 3 nitrogen and oxygen atoms in total. The number of amides is 1. The first-order valence-corrected chi connectivity index (χ1v) is 8.26. The van der Waals surface area contributed by atoms with Gasteiger partial charge in [-0.2, -0.15) is 0 Å². The fourth-order valence-corrected chi connectivity index (χ4v) is 2.75. The molecule has 5 heteroatoms. The summed E-state index contributed by atoms with van der Waals surface area (Å²) in [5.41, 5.74) is 0. The molecular formula is C15H22ClNO2S. The number of nitrogens with one attached hydrogen (secondary N) is 1. The molecule has 0 saturated heterocycles. The highest BCUT2D eigenvalue weighted by atomic mass is 35.5. The van der Waals surface area contributed by atoms with E-state index in [4.69, 9.17) is 16.7 Å². The van der Waals surface area contributed by atoms with E-state index in [0.717, 1.165) is 30.0 Å². The molecule has 0 aliphatic carbocycles. The van der Waals surface area contributed by atoms with Crippen LogP contribution in [0.4, 0.5) is 0 Å². The molecule has 0 bridgehead atoms. The first-order valence-electron chi connectivity index (χ1n) is 6.90. The fraction of sp³-hybridized carbons (Fsp3) is 0.533. The van der Waals surface area contributed by atoms with Crippen LogP contribution in [0.1, 0.15) is 32.6 Å². The molecule has 0 aliphatic heterocycles. The Morgan fingerprint density at radius 2 is 2.05 bits per heavy atom. The maximum Gasteiger partial charge on any atom is 0.220 e. The Morgan fingerprint density at radius 1 is 1.35 bits per heavy atom. The van der Waals surface area contributed by atoms with Crippen molar-refractivity contribution in [3.63, 3.8) is 0 Å². The first-order chi connectivity index (χ1) is 9.61. The van der Waals surface area contributed by atoms with Gasteiger partial charge in [-0.05, 0) is 56.2 Å². The van der Waals surface area contributed by atoms with Crippen molar-refractivity contribution < 1.29 is 9.90 Å². The van der Waals surface area contributed by atoms with Gasteiger partial charge in [0.1, 0.15) is 0 Å². The summed E-state index contributed by atoms with van der Waals surface area (Å²) in [4.78, 5) is 12.8. The van der Waals surface area contributed by atoms with Crippen molar-refractivity contribution in [3.05, 3.63) is 29.3 Å². The molecule has 1 unspecified atom stereocenters. The van der Waals surface area contributed by atoms with Crippen LogP contribution in [0.15, 0.2) is 29.2 Å². The molecule has 0 aliphatic rings. The third-order valence-corrected chi connectivity index (χ3v) is 4.18. The summed E-state index contributed by atoms with van der Waals surface area (Å²) < 4.78 is 0. The molecule has 112 valence electrons. The minimum atomic E-state index is 0.0899. The molecule has 1 amide bonds. The van der Waals surface area contributed by atoms with Crippen molar-refractivity contribution in [3.8, 4) is 0 Å². The highest BCUT2D eigenvalue weighted by molar-refractivity contribution is 7.99. The Hall–Kier alpha value is -0.710. The molecule has 1 aromatic rings. The van der Waals surface area contributed by atoms with Crippen molar-refractivity contribution in [2.24, 2.45) is 0 Å². The topological polar surface area (TPSA) is 49.3 Å². The number of benzene rings is 1. The standard InChI is InChI=1S/C15H22ClNO2S/c1-12(4-2-10-18)17-15(19)5-3-11-20-14-8-6-13(16)7-9-14/h6-9,12,18H,2-5,10-11H2,1H3,(H,17,19). The molecular weight excluding hydrogens is 294 g/mol. The van der Waals surface area contributed by atoms with Crippen molar-refractivity contribution >= 4 is 29.3 Å². The van der Waals surface area contributed by atoms with Crippen LogP contribution < -0.4 is 5.32 Å². The van der Waals surface area contributed by atoms with Gasteiger partial charge in [0.15, 0.2) is 0 Å². The maximum atomic E-state index is 11.7. The van der Waals surface area contributed by atoms with E-state index in [1.807, 2.05) is 31.2 Å². The summed E-state index contributed by atoms with van der Waals surface area (Å²) >= 11 is 7.55. The second-order valence-electron chi connectivity index (χ2n) is 4.74. The monoisotopic (exact) mass is 315 g/mol. The highest BCUT2D eigenvalue weighted by Crippen LogP contribution is 2.21. The molecule has 20 heavy (non-hydrogen) atoms. The normalized spacial score (nSPS) is 12.2. The van der Waals surface area contributed by atoms with E-state index in [1.54, 1.807) is 11.8 Å². The lowest BCUT2D eigenvalue weighted by molar-refractivity contribution is -0.121. The average Bonchev–Trinajstić information content (AvgIpc) is 2.43. The number of carbonyl (C=O) groups is 1. The zero-order valence-electron chi connectivity index (χ0n) is 11.8. The largest absolute Gasteiger partial charge is 0.396 e. The third-order valence-electron chi connectivity index (χ3n) is 2.83. The van der Waals surface area contributed by atoms with Crippen LogP contribution in [0.25, 0.3) is 0 Å². The SMILES string of the molecule is CC(CCCO)NC(=O)CCCSc1ccc(Cl)cc1. The summed E-state index contributed by atoms with van der Waals surface area (Å²) in [6, 6.07) is 7.87. The van der Waals surface area contributed by atoms with Crippen molar-refractivity contribution in [2.45, 2.75) is 43.5 Å². The van der Waals surface area contributed by atoms with Gasteiger partial charge in [-0.3, -0.25) is 4.79 Å². The summed E-state index contributed by atoms with van der Waals surface area (Å²) in [6.07, 6.45) is 2.95. The van der Waals surface area contributed by atoms with Crippen LogP contribution in [-0.4, -0.2) is 29.4 Å². The van der Waals surface area contributed by atoms with Crippen molar-refractivity contribution in [1.82, 2.24) is 5.32 Å². The molecule has 0 saturated carbocycles. The number of halogens is 1. The molecule has 0 radical (unpaired) electrons. The van der Waals surface area contributed by atoms with Gasteiger partial charge < -0.3 is 10.4 Å². The summed E-state index contributed by atoms with van der Waals surface area (Å²) in [7, 11) is 0. The third kappa shape index (κ3) is 7.78. The van der Waals surface area contributed by atoms with Crippen LogP contribution in [0.3, 0.4) is 0 Å². The first kappa shape index (κ1) is 17.3. The minimum Gasteiger partial charge on any atom is -0.396 e. The van der Waals surface area contributed by atoms with Crippen molar-refractivity contribution in [1.29, 1.82) is 0 Å². The van der Waals surface area contributed by atoms with Gasteiger partial charge in [0.2, 0.25) is 5.91 Å². The predicted molar refractivity (Wildman–Crippen MR) is 85.3 cm³/mol. The Morgan fingerprint density at radius 3 is 2.70 bits per heavy atom. The van der Waals surface area contributed by atoms with E-state index < -0.39 is 0 Å². The van der Waals surface area contributed by atoms with E-state index in [0.29, 0.717) is 6.42 Å². The van der Waals surface area contributed by atoms with Crippen molar-refractivity contribution in [2.75, 3.05) is 12.4 Å². The van der Waals surface area contributed by atoms with E-state index in [1.165, 1.54) is 4.90 Å². The lowest BCUT2D eigenvalue weighted by atomic mass is 10.2.